The van der Waals surface area contributed by atoms with Crippen molar-refractivity contribution >= 4 is 18.1 Å². The van der Waals surface area contributed by atoms with E-state index in [0.29, 0.717) is 38.0 Å². The minimum absolute atomic E-state index is 0.0694. The van der Waals surface area contributed by atoms with Gasteiger partial charge < -0.3 is 29.0 Å². The van der Waals surface area contributed by atoms with Crippen molar-refractivity contribution in [2.24, 2.45) is 10.9 Å². The second-order valence-corrected chi connectivity index (χ2v) is 11.9. The lowest BCUT2D eigenvalue weighted by Gasteiger charge is -2.35. The summed E-state index contributed by atoms with van der Waals surface area (Å²) in [5, 5.41) is 14.6. The third-order valence-electron chi connectivity index (χ3n) is 9.00. The summed E-state index contributed by atoms with van der Waals surface area (Å²) in [6.45, 7) is 10.1. The van der Waals surface area contributed by atoms with Gasteiger partial charge in [-0.05, 0) is 36.9 Å². The fraction of sp³-hybridized carbons (Fsp3) is 0.455. The van der Waals surface area contributed by atoms with Gasteiger partial charge in [0.05, 0.1) is 57.5 Å². The molecule has 0 radical (unpaired) electrons. The van der Waals surface area contributed by atoms with E-state index in [-0.39, 0.29) is 18.1 Å². The van der Waals surface area contributed by atoms with Crippen LogP contribution in [-0.2, 0) is 22.6 Å². The van der Waals surface area contributed by atoms with Crippen molar-refractivity contribution in [3.63, 3.8) is 0 Å². The summed E-state index contributed by atoms with van der Waals surface area (Å²) in [7, 11) is 1.63. The summed E-state index contributed by atoms with van der Waals surface area (Å²) in [5.74, 6) is 2.51. The number of aliphatic hydroxyl groups excluding tert-OH is 1. The molecular weight excluding hydrogens is 574 g/mol. The van der Waals surface area contributed by atoms with Crippen LogP contribution in [0.4, 0.5) is 5.82 Å². The second kappa shape index (κ2) is 13.1. The molecule has 0 amide bonds. The normalized spacial score (nSPS) is 23.4. The van der Waals surface area contributed by atoms with Gasteiger partial charge >= 0.3 is 0 Å². The molecule has 0 aliphatic carbocycles. The Morgan fingerprint density at radius 2 is 1.89 bits per heavy atom. The summed E-state index contributed by atoms with van der Waals surface area (Å²) < 4.78 is 24.8. The van der Waals surface area contributed by atoms with Crippen LogP contribution in [0.3, 0.4) is 0 Å². The maximum atomic E-state index is 10.0. The smallest absolute Gasteiger partial charge is 0.212 e. The Hall–Kier alpha value is -4.10. The van der Waals surface area contributed by atoms with Gasteiger partial charge in [0.25, 0.3) is 0 Å². The molecule has 7 rings (SSSR count). The highest BCUT2D eigenvalue weighted by Gasteiger charge is 2.46. The fourth-order valence-corrected chi connectivity index (χ4v) is 6.58. The molecule has 0 spiro atoms. The molecule has 7 heterocycles. The Labute approximate surface area is 262 Å². The second-order valence-electron chi connectivity index (χ2n) is 11.9. The Morgan fingerprint density at radius 1 is 1.02 bits per heavy atom. The van der Waals surface area contributed by atoms with E-state index in [2.05, 4.69) is 55.9 Å². The number of rotatable bonds is 11. The van der Waals surface area contributed by atoms with Gasteiger partial charge in [-0.15, -0.1) is 0 Å². The molecule has 1 N–H and O–H groups in total. The average molecular weight is 614 g/mol. The number of pyridine rings is 3. The van der Waals surface area contributed by atoms with E-state index in [1.807, 2.05) is 35.4 Å². The number of hydrogen-bond donors (Lipinski definition) is 1. The third kappa shape index (κ3) is 6.23. The number of aromatic nitrogens is 4. The zero-order chi connectivity index (χ0) is 30.8. The van der Waals surface area contributed by atoms with Crippen molar-refractivity contribution < 1.29 is 24.1 Å². The average Bonchev–Trinajstić information content (AvgIpc) is 3.78. The molecule has 12 nitrogen and oxygen atoms in total. The molecule has 0 saturated carbocycles. The first-order valence-electron chi connectivity index (χ1n) is 15.5. The van der Waals surface area contributed by atoms with Crippen molar-refractivity contribution in [2.75, 3.05) is 58.0 Å². The van der Waals surface area contributed by atoms with Gasteiger partial charge in [0.2, 0.25) is 5.88 Å². The maximum absolute atomic E-state index is 10.0. The predicted octanol–water partition coefficient (Wildman–Crippen LogP) is 2.87. The van der Waals surface area contributed by atoms with Gasteiger partial charge in [-0.2, -0.15) is 5.10 Å². The SMILES string of the molecule is C=NCc1cnn2cc(OCCC3COC4C(O)COC34)cc(-c3ccc(N4CCN(Cc5ccc(OC)nc5)CC4)nc3)c12. The van der Waals surface area contributed by atoms with Crippen LogP contribution in [0.15, 0.2) is 60.1 Å². The molecule has 236 valence electrons. The van der Waals surface area contributed by atoms with Crippen molar-refractivity contribution in [1.82, 2.24) is 24.5 Å². The highest BCUT2D eigenvalue weighted by molar-refractivity contribution is 5.83. The van der Waals surface area contributed by atoms with Crippen LogP contribution in [0.2, 0.25) is 0 Å². The van der Waals surface area contributed by atoms with E-state index >= 15 is 0 Å². The van der Waals surface area contributed by atoms with Crippen molar-refractivity contribution in [3.8, 4) is 22.8 Å². The van der Waals surface area contributed by atoms with Gasteiger partial charge in [-0.1, -0.05) is 6.07 Å². The first kappa shape index (κ1) is 29.6. The van der Waals surface area contributed by atoms with Crippen LogP contribution in [0.5, 0.6) is 11.6 Å². The van der Waals surface area contributed by atoms with Gasteiger partial charge in [-0.3, -0.25) is 9.89 Å². The number of nitrogens with zero attached hydrogens (tertiary/aromatic N) is 7. The van der Waals surface area contributed by atoms with E-state index in [0.717, 1.165) is 67.2 Å². The number of piperazine rings is 1. The van der Waals surface area contributed by atoms with Gasteiger partial charge in [0.1, 0.15) is 23.8 Å². The maximum Gasteiger partial charge on any atom is 0.212 e. The quantitative estimate of drug-likeness (QED) is 0.253. The lowest BCUT2D eigenvalue weighted by Crippen LogP contribution is -2.46. The number of aliphatic imine (C=N–C) groups is 1. The molecule has 4 unspecified atom stereocenters. The van der Waals surface area contributed by atoms with Crippen LogP contribution in [0.25, 0.3) is 16.6 Å². The molecule has 0 aromatic carbocycles. The van der Waals surface area contributed by atoms with E-state index < -0.39 is 6.10 Å². The molecule has 4 aromatic heterocycles. The molecule has 3 saturated heterocycles. The van der Waals surface area contributed by atoms with Gasteiger partial charge in [-0.25, -0.2) is 14.5 Å². The van der Waals surface area contributed by atoms with Crippen LogP contribution >= 0.6 is 0 Å². The number of aliphatic hydroxyl groups is 1. The zero-order valence-corrected chi connectivity index (χ0v) is 25.5. The van der Waals surface area contributed by atoms with Gasteiger partial charge in [0.15, 0.2) is 0 Å². The van der Waals surface area contributed by atoms with Crippen molar-refractivity contribution in [2.45, 2.75) is 37.8 Å². The standard InChI is InChI=1S/C33H39N7O5/c1-34-15-25-17-37-40-19-26(43-12-7-24-20-44-33-28(41)21-45-32(24)33)13-27(31(25)40)23-4-5-29(35-16-23)39-10-8-38(9-11-39)18-22-3-6-30(42-2)36-14-22/h3-6,13-14,16-17,19,24,28,32-33,41H,1,7-12,15,18,20-21H2,2H3. The van der Waals surface area contributed by atoms with Crippen LogP contribution in [0, 0.1) is 5.92 Å². The molecule has 4 atom stereocenters. The number of methoxy groups -OCH3 is 1. The predicted molar refractivity (Wildman–Crippen MR) is 169 cm³/mol. The third-order valence-corrected chi connectivity index (χ3v) is 9.00. The van der Waals surface area contributed by atoms with Crippen LogP contribution < -0.4 is 14.4 Å². The number of hydrogen-bond acceptors (Lipinski definition) is 11. The minimum atomic E-state index is -0.544. The lowest BCUT2D eigenvalue weighted by atomic mass is 9.98. The Bertz CT molecular complexity index is 1600. The summed E-state index contributed by atoms with van der Waals surface area (Å²) in [4.78, 5) is 18.1. The fourth-order valence-electron chi connectivity index (χ4n) is 6.58. The molecule has 4 aromatic rings. The first-order valence-corrected chi connectivity index (χ1v) is 15.5. The van der Waals surface area contributed by atoms with Crippen LogP contribution in [0.1, 0.15) is 17.5 Å². The minimum Gasteiger partial charge on any atom is -0.492 e. The topological polar surface area (TPSA) is 119 Å². The molecule has 0 bridgehead atoms. The number of ether oxygens (including phenoxy) is 4. The number of anilines is 1. The summed E-state index contributed by atoms with van der Waals surface area (Å²) in [5.41, 5.74) is 5.09. The molecule has 3 aliphatic heterocycles. The Kier molecular flexibility index (Phi) is 8.61. The van der Waals surface area contributed by atoms with E-state index in [1.54, 1.807) is 7.11 Å². The highest BCUT2D eigenvalue weighted by Crippen LogP contribution is 2.34. The Balaban J connectivity index is 1.03. The molecule has 12 heteroatoms. The summed E-state index contributed by atoms with van der Waals surface area (Å²) >= 11 is 0. The molecular formula is C33H39N7O5. The van der Waals surface area contributed by atoms with E-state index in [9.17, 15) is 5.11 Å². The van der Waals surface area contributed by atoms with E-state index in [4.69, 9.17) is 23.9 Å². The first-order chi connectivity index (χ1) is 22.1. The largest absolute Gasteiger partial charge is 0.492 e. The molecule has 45 heavy (non-hydrogen) atoms. The van der Waals surface area contributed by atoms with Crippen molar-refractivity contribution in [3.05, 3.63) is 66.2 Å². The number of fused-ring (bicyclic) bond motifs is 2. The Morgan fingerprint density at radius 3 is 2.64 bits per heavy atom. The summed E-state index contributed by atoms with van der Waals surface area (Å²) in [6.07, 6.45) is 7.48. The lowest BCUT2D eigenvalue weighted by molar-refractivity contribution is 0.0163. The van der Waals surface area contributed by atoms with E-state index in [1.165, 1.54) is 5.56 Å². The molecule has 3 aliphatic rings. The monoisotopic (exact) mass is 613 g/mol. The molecule has 3 fully saturated rings. The van der Waals surface area contributed by atoms with Crippen LogP contribution in [-0.4, -0.2) is 108 Å². The van der Waals surface area contributed by atoms with Gasteiger partial charge in [0, 0.05) is 73.8 Å². The zero-order valence-electron chi connectivity index (χ0n) is 25.5. The summed E-state index contributed by atoms with van der Waals surface area (Å²) in [6, 6.07) is 10.2. The highest BCUT2D eigenvalue weighted by atomic mass is 16.6. The van der Waals surface area contributed by atoms with Crippen molar-refractivity contribution in [1.29, 1.82) is 0 Å².